The maximum absolute atomic E-state index is 12.7. The average Bonchev–Trinajstić information content (AvgIpc) is 2.66. The van der Waals surface area contributed by atoms with E-state index in [1.807, 2.05) is 25.1 Å². The van der Waals surface area contributed by atoms with Gasteiger partial charge in [-0.05, 0) is 36.1 Å². The fourth-order valence-electron chi connectivity index (χ4n) is 2.81. The SMILES string of the molecule is COc1ccc(S(=O)(=O)NCc2cc3cccc(C)c3[nH]c2=O)c(OC)c1. The first-order valence-electron chi connectivity index (χ1n) is 8.19. The summed E-state index contributed by atoms with van der Waals surface area (Å²) >= 11 is 0. The van der Waals surface area contributed by atoms with Crippen LogP contribution in [-0.4, -0.2) is 27.6 Å². The number of methoxy groups -OCH3 is 2. The Morgan fingerprint density at radius 1 is 1.07 bits per heavy atom. The molecule has 142 valence electrons. The van der Waals surface area contributed by atoms with E-state index in [9.17, 15) is 13.2 Å². The Balaban J connectivity index is 1.91. The van der Waals surface area contributed by atoms with Crippen LogP contribution in [0.25, 0.3) is 10.9 Å². The molecule has 8 heteroatoms. The fourth-order valence-corrected chi connectivity index (χ4v) is 3.96. The molecule has 0 unspecified atom stereocenters. The summed E-state index contributed by atoms with van der Waals surface area (Å²) in [5, 5.41) is 0.839. The molecule has 0 radical (unpaired) electrons. The van der Waals surface area contributed by atoms with Crippen molar-refractivity contribution < 1.29 is 17.9 Å². The van der Waals surface area contributed by atoms with E-state index in [1.54, 1.807) is 6.07 Å². The summed E-state index contributed by atoms with van der Waals surface area (Å²) in [6.45, 7) is 1.76. The number of H-pyrrole nitrogens is 1. The predicted molar refractivity (Wildman–Crippen MR) is 103 cm³/mol. The molecular formula is C19H20N2O5S. The molecule has 0 amide bonds. The van der Waals surface area contributed by atoms with Gasteiger partial charge in [-0.3, -0.25) is 4.79 Å². The monoisotopic (exact) mass is 388 g/mol. The topological polar surface area (TPSA) is 97.5 Å². The normalized spacial score (nSPS) is 11.5. The molecule has 0 aliphatic rings. The minimum Gasteiger partial charge on any atom is -0.497 e. The molecule has 0 aliphatic carbocycles. The average molecular weight is 388 g/mol. The molecule has 0 saturated carbocycles. The zero-order chi connectivity index (χ0) is 19.6. The van der Waals surface area contributed by atoms with Crippen LogP contribution >= 0.6 is 0 Å². The van der Waals surface area contributed by atoms with Crippen molar-refractivity contribution in [1.29, 1.82) is 0 Å². The van der Waals surface area contributed by atoms with Crippen molar-refractivity contribution in [3.8, 4) is 11.5 Å². The zero-order valence-corrected chi connectivity index (χ0v) is 16.0. The number of benzene rings is 2. The highest BCUT2D eigenvalue weighted by molar-refractivity contribution is 7.89. The van der Waals surface area contributed by atoms with E-state index in [-0.39, 0.29) is 22.7 Å². The predicted octanol–water partition coefficient (Wildman–Crippen LogP) is 2.33. The number of pyridine rings is 1. The Bertz CT molecular complexity index is 1150. The fraction of sp³-hybridized carbons (Fsp3) is 0.211. The highest BCUT2D eigenvalue weighted by atomic mass is 32.2. The van der Waals surface area contributed by atoms with Gasteiger partial charge in [0.25, 0.3) is 5.56 Å². The molecule has 1 heterocycles. The first-order valence-corrected chi connectivity index (χ1v) is 9.67. The van der Waals surface area contributed by atoms with Crippen LogP contribution in [0.15, 0.2) is 52.2 Å². The number of ether oxygens (including phenoxy) is 2. The maximum atomic E-state index is 12.7. The van der Waals surface area contributed by atoms with Crippen molar-refractivity contribution in [2.75, 3.05) is 14.2 Å². The summed E-state index contributed by atoms with van der Waals surface area (Å²) in [6.07, 6.45) is 0. The van der Waals surface area contributed by atoms with E-state index in [1.165, 1.54) is 32.4 Å². The van der Waals surface area contributed by atoms with Gasteiger partial charge < -0.3 is 14.5 Å². The number of nitrogens with one attached hydrogen (secondary N) is 2. The van der Waals surface area contributed by atoms with Gasteiger partial charge in [-0.15, -0.1) is 0 Å². The lowest BCUT2D eigenvalue weighted by Gasteiger charge is -2.12. The third-order valence-corrected chi connectivity index (χ3v) is 5.72. The van der Waals surface area contributed by atoms with Gasteiger partial charge in [0.15, 0.2) is 0 Å². The first-order chi connectivity index (χ1) is 12.9. The summed E-state index contributed by atoms with van der Waals surface area (Å²) in [5.74, 6) is 0.636. The lowest BCUT2D eigenvalue weighted by molar-refractivity contribution is 0.386. The molecule has 2 aromatic carbocycles. The van der Waals surface area contributed by atoms with Crippen molar-refractivity contribution in [1.82, 2.24) is 9.71 Å². The number of hydrogen-bond donors (Lipinski definition) is 2. The minimum atomic E-state index is -3.89. The minimum absolute atomic E-state index is 0.0288. The summed E-state index contributed by atoms with van der Waals surface area (Å²) < 4.78 is 38.0. The second-order valence-electron chi connectivity index (χ2n) is 6.00. The van der Waals surface area contributed by atoms with Crippen molar-refractivity contribution in [3.05, 3.63) is 63.9 Å². The molecule has 0 spiro atoms. The van der Waals surface area contributed by atoms with E-state index >= 15 is 0 Å². The molecule has 0 bridgehead atoms. The van der Waals surface area contributed by atoms with Gasteiger partial charge in [0, 0.05) is 18.2 Å². The van der Waals surface area contributed by atoms with Gasteiger partial charge in [-0.25, -0.2) is 13.1 Å². The third-order valence-electron chi connectivity index (χ3n) is 4.28. The standard InChI is InChI=1S/C19H20N2O5S/c1-12-5-4-6-13-9-14(19(22)21-18(12)13)11-20-27(23,24)17-8-7-15(25-2)10-16(17)26-3/h4-10,20H,11H2,1-3H3,(H,21,22). The van der Waals surface area contributed by atoms with Crippen LogP contribution in [0.4, 0.5) is 0 Å². The van der Waals surface area contributed by atoms with Crippen LogP contribution in [0.5, 0.6) is 11.5 Å². The smallest absolute Gasteiger partial charge is 0.252 e. The van der Waals surface area contributed by atoms with Crippen molar-refractivity contribution in [3.63, 3.8) is 0 Å². The Hall–Kier alpha value is -2.84. The molecule has 1 aromatic heterocycles. The molecule has 0 saturated heterocycles. The molecule has 7 nitrogen and oxygen atoms in total. The van der Waals surface area contributed by atoms with E-state index in [2.05, 4.69) is 9.71 Å². The molecule has 3 rings (SSSR count). The van der Waals surface area contributed by atoms with Gasteiger partial charge in [0.1, 0.15) is 16.4 Å². The molecule has 0 atom stereocenters. The van der Waals surface area contributed by atoms with Crippen molar-refractivity contribution in [2.24, 2.45) is 0 Å². The van der Waals surface area contributed by atoms with Gasteiger partial charge in [-0.2, -0.15) is 0 Å². The first kappa shape index (κ1) is 18.9. The number of sulfonamides is 1. The van der Waals surface area contributed by atoms with E-state index < -0.39 is 10.0 Å². The van der Waals surface area contributed by atoms with E-state index in [0.717, 1.165) is 16.5 Å². The van der Waals surface area contributed by atoms with Gasteiger partial charge in [0.05, 0.1) is 19.7 Å². The van der Waals surface area contributed by atoms with Crippen molar-refractivity contribution in [2.45, 2.75) is 18.4 Å². The maximum Gasteiger partial charge on any atom is 0.252 e. The number of aryl methyl sites for hydroxylation is 1. The van der Waals surface area contributed by atoms with E-state index in [0.29, 0.717) is 11.3 Å². The van der Waals surface area contributed by atoms with Crippen LogP contribution in [-0.2, 0) is 16.6 Å². The summed E-state index contributed by atoms with van der Waals surface area (Å²) in [4.78, 5) is 15.1. The molecule has 0 fully saturated rings. The number of aromatic amines is 1. The number of para-hydroxylation sites is 1. The lowest BCUT2D eigenvalue weighted by atomic mass is 10.1. The quantitative estimate of drug-likeness (QED) is 0.675. The van der Waals surface area contributed by atoms with E-state index in [4.69, 9.17) is 9.47 Å². The van der Waals surface area contributed by atoms with Gasteiger partial charge >= 0.3 is 0 Å². The number of fused-ring (bicyclic) bond motifs is 1. The Kier molecular flexibility index (Phi) is 5.20. The molecule has 3 aromatic rings. The van der Waals surface area contributed by atoms with Gasteiger partial charge in [0.2, 0.25) is 10.0 Å². The molecule has 2 N–H and O–H groups in total. The Labute approximate surface area is 157 Å². The number of aromatic nitrogens is 1. The second-order valence-corrected chi connectivity index (χ2v) is 7.74. The zero-order valence-electron chi connectivity index (χ0n) is 15.2. The number of rotatable bonds is 6. The van der Waals surface area contributed by atoms with Gasteiger partial charge in [-0.1, -0.05) is 18.2 Å². The van der Waals surface area contributed by atoms with Crippen LogP contribution in [0.2, 0.25) is 0 Å². The molecular weight excluding hydrogens is 368 g/mol. The van der Waals surface area contributed by atoms with Crippen LogP contribution in [0.3, 0.4) is 0 Å². The largest absolute Gasteiger partial charge is 0.497 e. The van der Waals surface area contributed by atoms with Crippen LogP contribution in [0.1, 0.15) is 11.1 Å². The third kappa shape index (κ3) is 3.81. The molecule has 27 heavy (non-hydrogen) atoms. The van der Waals surface area contributed by atoms with Crippen LogP contribution in [0, 0.1) is 6.92 Å². The van der Waals surface area contributed by atoms with Crippen molar-refractivity contribution >= 4 is 20.9 Å². The van der Waals surface area contributed by atoms with Crippen LogP contribution < -0.4 is 19.8 Å². The molecule has 0 aliphatic heterocycles. The Morgan fingerprint density at radius 3 is 2.56 bits per heavy atom. The Morgan fingerprint density at radius 2 is 1.85 bits per heavy atom. The summed E-state index contributed by atoms with van der Waals surface area (Å²) in [7, 11) is -1.03. The summed E-state index contributed by atoms with van der Waals surface area (Å²) in [6, 6.07) is 11.7. The second kappa shape index (κ2) is 7.42. The number of hydrogen-bond acceptors (Lipinski definition) is 5. The summed E-state index contributed by atoms with van der Waals surface area (Å²) in [5.41, 5.74) is 1.68. The highest BCUT2D eigenvalue weighted by Crippen LogP contribution is 2.28. The highest BCUT2D eigenvalue weighted by Gasteiger charge is 2.20. The lowest BCUT2D eigenvalue weighted by Crippen LogP contribution is -2.27.